The van der Waals surface area contributed by atoms with E-state index in [0.29, 0.717) is 17.4 Å². The van der Waals surface area contributed by atoms with Gasteiger partial charge in [0, 0.05) is 25.1 Å². The first-order valence-electron chi connectivity index (χ1n) is 7.33. The summed E-state index contributed by atoms with van der Waals surface area (Å²) < 4.78 is 34.5. The van der Waals surface area contributed by atoms with Crippen molar-refractivity contribution in [3.05, 3.63) is 47.7 Å². The second-order valence-corrected chi connectivity index (χ2v) is 7.25. The van der Waals surface area contributed by atoms with Crippen LogP contribution < -0.4 is 4.72 Å². The monoisotopic (exact) mass is 346 g/mol. The van der Waals surface area contributed by atoms with Crippen molar-refractivity contribution < 1.29 is 12.8 Å². The maximum Gasteiger partial charge on any atom is 0.263 e. The minimum Gasteiger partial charge on any atom is -0.449 e. The molecule has 0 unspecified atom stereocenters. The van der Waals surface area contributed by atoms with E-state index in [1.54, 1.807) is 44.5 Å². The summed E-state index contributed by atoms with van der Waals surface area (Å²) in [5, 5.41) is 4.22. The zero-order valence-electron chi connectivity index (χ0n) is 13.9. The summed E-state index contributed by atoms with van der Waals surface area (Å²) in [7, 11) is -1.99. The molecule has 24 heavy (non-hydrogen) atoms. The highest BCUT2D eigenvalue weighted by Crippen LogP contribution is 2.24. The van der Waals surface area contributed by atoms with Gasteiger partial charge in [0.15, 0.2) is 5.89 Å². The van der Waals surface area contributed by atoms with Gasteiger partial charge in [0.25, 0.3) is 10.0 Å². The molecule has 7 nitrogen and oxygen atoms in total. The number of hydrogen-bond acceptors (Lipinski definition) is 5. The van der Waals surface area contributed by atoms with E-state index < -0.39 is 10.0 Å². The Labute approximate surface area is 140 Å². The van der Waals surface area contributed by atoms with Crippen LogP contribution in [0.2, 0.25) is 0 Å². The van der Waals surface area contributed by atoms with Gasteiger partial charge in [-0.25, -0.2) is 13.4 Å². The lowest BCUT2D eigenvalue weighted by atomic mass is 10.2. The summed E-state index contributed by atoms with van der Waals surface area (Å²) in [4.78, 5) is 4.39. The highest BCUT2D eigenvalue weighted by molar-refractivity contribution is 7.92. The quantitative estimate of drug-likeness (QED) is 0.784. The summed E-state index contributed by atoms with van der Waals surface area (Å²) >= 11 is 0. The van der Waals surface area contributed by atoms with E-state index in [9.17, 15) is 8.42 Å². The minimum absolute atomic E-state index is 0.171. The molecule has 1 N–H and O–H groups in total. The number of benzene rings is 1. The fraction of sp³-hybridized carbons (Fsp3) is 0.250. The summed E-state index contributed by atoms with van der Waals surface area (Å²) in [6.07, 6.45) is 1.54. The fourth-order valence-electron chi connectivity index (χ4n) is 2.39. The number of aryl methyl sites for hydroxylation is 3. The van der Waals surface area contributed by atoms with Crippen LogP contribution in [0, 0.1) is 20.8 Å². The van der Waals surface area contributed by atoms with Crippen LogP contribution in [-0.2, 0) is 17.1 Å². The van der Waals surface area contributed by atoms with Crippen molar-refractivity contribution in [1.82, 2.24) is 14.8 Å². The largest absolute Gasteiger partial charge is 0.449 e. The first-order valence-corrected chi connectivity index (χ1v) is 8.82. The Balaban J connectivity index is 1.90. The molecular formula is C16H18N4O3S. The third kappa shape index (κ3) is 2.92. The van der Waals surface area contributed by atoms with Crippen molar-refractivity contribution in [2.24, 2.45) is 7.05 Å². The van der Waals surface area contributed by atoms with Gasteiger partial charge in [0.1, 0.15) is 17.8 Å². The number of anilines is 1. The molecule has 0 amide bonds. The van der Waals surface area contributed by atoms with E-state index in [4.69, 9.17) is 4.42 Å². The topological polar surface area (TPSA) is 90.0 Å². The predicted octanol–water partition coefficient (Wildman–Crippen LogP) is 2.80. The van der Waals surface area contributed by atoms with Crippen LogP contribution in [0.1, 0.15) is 17.1 Å². The third-order valence-corrected chi connectivity index (χ3v) is 5.19. The maximum atomic E-state index is 12.6. The molecule has 0 atom stereocenters. The van der Waals surface area contributed by atoms with Crippen LogP contribution in [0.3, 0.4) is 0 Å². The highest BCUT2D eigenvalue weighted by atomic mass is 32.2. The molecule has 2 heterocycles. The maximum absolute atomic E-state index is 12.6. The van der Waals surface area contributed by atoms with Gasteiger partial charge >= 0.3 is 0 Å². The Morgan fingerprint density at radius 2 is 1.79 bits per heavy atom. The molecular weight excluding hydrogens is 328 g/mol. The first kappa shape index (κ1) is 16.3. The van der Waals surface area contributed by atoms with Gasteiger partial charge in [-0.2, -0.15) is 5.10 Å². The van der Waals surface area contributed by atoms with Crippen molar-refractivity contribution in [3.8, 4) is 11.3 Å². The smallest absolute Gasteiger partial charge is 0.263 e. The average molecular weight is 346 g/mol. The van der Waals surface area contributed by atoms with Gasteiger partial charge in [-0.05, 0) is 26.0 Å². The van der Waals surface area contributed by atoms with Crippen molar-refractivity contribution in [3.63, 3.8) is 0 Å². The lowest BCUT2D eigenvalue weighted by Crippen LogP contribution is -2.16. The summed E-state index contributed by atoms with van der Waals surface area (Å²) in [6, 6.07) is 6.49. The molecule has 0 aliphatic rings. The van der Waals surface area contributed by atoms with E-state index in [0.717, 1.165) is 16.8 Å². The standard InChI is InChI=1S/C16H18N4O3S/c1-10-11(2)18-20(4)16(10)19-24(21,22)14-7-5-13(6-8-14)15-9-23-12(3)17-15/h5-9,19H,1-4H3. The second-order valence-electron chi connectivity index (χ2n) is 5.56. The molecule has 0 aliphatic heterocycles. The Hall–Kier alpha value is -2.61. The van der Waals surface area contributed by atoms with E-state index in [1.807, 2.05) is 13.8 Å². The lowest BCUT2D eigenvalue weighted by molar-refractivity contribution is 0.521. The number of nitrogens with one attached hydrogen (secondary N) is 1. The van der Waals surface area contributed by atoms with Gasteiger partial charge < -0.3 is 4.42 Å². The molecule has 126 valence electrons. The van der Waals surface area contributed by atoms with Crippen LogP contribution in [-0.4, -0.2) is 23.2 Å². The minimum atomic E-state index is -3.69. The Bertz CT molecular complexity index is 985. The Morgan fingerprint density at radius 3 is 2.29 bits per heavy atom. The molecule has 1 aromatic carbocycles. The molecule has 0 fully saturated rings. The van der Waals surface area contributed by atoms with Crippen LogP contribution in [0.25, 0.3) is 11.3 Å². The van der Waals surface area contributed by atoms with Crippen LogP contribution in [0.4, 0.5) is 5.82 Å². The SMILES string of the molecule is Cc1nc(-c2ccc(S(=O)(=O)Nc3c(C)c(C)nn3C)cc2)co1. The van der Waals surface area contributed by atoms with Crippen molar-refractivity contribution in [1.29, 1.82) is 0 Å². The van der Waals surface area contributed by atoms with E-state index in [1.165, 1.54) is 4.68 Å². The molecule has 3 rings (SSSR count). The first-order chi connectivity index (χ1) is 11.3. The molecule has 0 radical (unpaired) electrons. The number of sulfonamides is 1. The van der Waals surface area contributed by atoms with Gasteiger partial charge in [0.05, 0.1) is 10.6 Å². The highest BCUT2D eigenvalue weighted by Gasteiger charge is 2.19. The summed E-state index contributed by atoms with van der Waals surface area (Å²) in [5.41, 5.74) is 3.04. The van der Waals surface area contributed by atoms with Gasteiger partial charge in [-0.3, -0.25) is 9.40 Å². The normalized spacial score (nSPS) is 11.7. The molecule has 0 saturated heterocycles. The number of hydrogen-bond donors (Lipinski definition) is 1. The molecule has 2 aromatic heterocycles. The molecule has 8 heteroatoms. The summed E-state index contributed by atoms with van der Waals surface area (Å²) in [6.45, 7) is 5.42. The second kappa shape index (κ2) is 5.79. The Kier molecular flexibility index (Phi) is 3.92. The van der Waals surface area contributed by atoms with Crippen LogP contribution >= 0.6 is 0 Å². The average Bonchev–Trinajstić information content (AvgIpc) is 3.07. The predicted molar refractivity (Wildman–Crippen MR) is 90.2 cm³/mol. The molecule has 0 bridgehead atoms. The van der Waals surface area contributed by atoms with Crippen molar-refractivity contribution in [2.75, 3.05) is 4.72 Å². The van der Waals surface area contributed by atoms with Gasteiger partial charge in [-0.15, -0.1) is 0 Å². The number of nitrogens with zero attached hydrogens (tertiary/aromatic N) is 3. The zero-order valence-corrected chi connectivity index (χ0v) is 14.7. The van der Waals surface area contributed by atoms with Crippen LogP contribution in [0.5, 0.6) is 0 Å². The Morgan fingerprint density at radius 1 is 1.12 bits per heavy atom. The molecule has 0 spiro atoms. The molecule has 0 aliphatic carbocycles. The van der Waals surface area contributed by atoms with E-state index in [2.05, 4.69) is 14.8 Å². The van der Waals surface area contributed by atoms with Crippen molar-refractivity contribution >= 4 is 15.8 Å². The summed E-state index contributed by atoms with van der Waals surface area (Å²) in [5.74, 6) is 1.02. The molecule has 3 aromatic rings. The third-order valence-electron chi connectivity index (χ3n) is 3.83. The number of aromatic nitrogens is 3. The van der Waals surface area contributed by atoms with Crippen LogP contribution in [0.15, 0.2) is 39.8 Å². The van der Waals surface area contributed by atoms with Gasteiger partial charge in [-0.1, -0.05) is 12.1 Å². The number of oxazole rings is 1. The lowest BCUT2D eigenvalue weighted by Gasteiger charge is -2.09. The fourth-order valence-corrected chi connectivity index (χ4v) is 3.55. The number of rotatable bonds is 4. The van der Waals surface area contributed by atoms with E-state index in [-0.39, 0.29) is 4.90 Å². The molecule has 0 saturated carbocycles. The zero-order chi connectivity index (χ0) is 17.5. The van der Waals surface area contributed by atoms with Crippen molar-refractivity contribution in [2.45, 2.75) is 25.7 Å². The van der Waals surface area contributed by atoms with E-state index >= 15 is 0 Å². The van der Waals surface area contributed by atoms with Gasteiger partial charge in [0.2, 0.25) is 0 Å².